The Morgan fingerprint density at radius 1 is 1.15 bits per heavy atom. The van der Waals surface area contributed by atoms with E-state index >= 15 is 0 Å². The molecule has 3 rings (SSSR count). The van der Waals surface area contributed by atoms with E-state index in [-0.39, 0.29) is 0 Å². The number of carbonyl (C=O) groups excluding carboxylic acids is 2. The first kappa shape index (κ1) is 18.2. The largest absolute Gasteiger partial charge is 0.466 e. The Kier molecular flexibility index (Phi) is 5.55. The van der Waals surface area contributed by atoms with Gasteiger partial charge < -0.3 is 9.73 Å². The van der Waals surface area contributed by atoms with E-state index in [2.05, 4.69) is 21.3 Å². The van der Waals surface area contributed by atoms with Crippen molar-refractivity contribution in [2.24, 2.45) is 0 Å². The number of urea groups is 1. The molecule has 27 heavy (non-hydrogen) atoms. The Hall–Kier alpha value is -3.55. The highest BCUT2D eigenvalue weighted by Crippen LogP contribution is 2.13. The maximum absolute atomic E-state index is 12.0. The lowest BCUT2D eigenvalue weighted by Crippen LogP contribution is -2.47. The molecule has 1 aromatic carbocycles. The number of amides is 3. The zero-order chi connectivity index (χ0) is 19.2. The third-order valence-corrected chi connectivity index (χ3v) is 3.98. The minimum Gasteiger partial charge on any atom is -0.466 e. The number of hydrogen-bond donors (Lipinski definition) is 3. The molecule has 140 valence electrons. The summed E-state index contributed by atoms with van der Waals surface area (Å²) in [5.41, 5.74) is 7.13. The molecule has 0 saturated heterocycles. The van der Waals surface area contributed by atoms with Crippen LogP contribution in [0.5, 0.6) is 0 Å². The summed E-state index contributed by atoms with van der Waals surface area (Å²) in [6.07, 6.45) is 4.27. The zero-order valence-electron chi connectivity index (χ0n) is 15.2. The predicted octanol–water partition coefficient (Wildman–Crippen LogP) is 2.27. The van der Waals surface area contributed by atoms with Crippen LogP contribution in [0.2, 0.25) is 0 Å². The number of hydrazine groups is 1. The average Bonchev–Trinajstić information content (AvgIpc) is 3.30. The van der Waals surface area contributed by atoms with Crippen LogP contribution in [0.4, 0.5) is 4.79 Å². The molecule has 3 aromatic rings. The highest BCUT2D eigenvalue weighted by molar-refractivity contribution is 5.96. The summed E-state index contributed by atoms with van der Waals surface area (Å²) in [4.78, 5) is 23.8. The van der Waals surface area contributed by atoms with Gasteiger partial charge in [0, 0.05) is 18.9 Å². The number of nitrogens with zero attached hydrogens (tertiary/aromatic N) is 2. The average molecular weight is 367 g/mol. The molecule has 0 radical (unpaired) electrons. The van der Waals surface area contributed by atoms with Crippen molar-refractivity contribution in [2.75, 3.05) is 6.54 Å². The van der Waals surface area contributed by atoms with E-state index in [1.807, 2.05) is 36.5 Å². The standard InChI is InChI=1S/C19H21N5O3/c1-13-12-17(14(2)27-13)18(25)22-23-19(26)20-10-8-15-4-6-16(7-5-15)24-11-3-9-21-24/h3-7,9,11-12H,8,10H2,1-2H3,(H,22,25)(H2,20,23,26). The van der Waals surface area contributed by atoms with E-state index in [0.29, 0.717) is 30.0 Å². The topological polar surface area (TPSA) is 101 Å². The molecule has 0 aliphatic carbocycles. The van der Waals surface area contributed by atoms with Crippen molar-refractivity contribution >= 4 is 11.9 Å². The number of furan rings is 1. The summed E-state index contributed by atoms with van der Waals surface area (Å²) in [6.45, 7) is 3.89. The summed E-state index contributed by atoms with van der Waals surface area (Å²) in [5.74, 6) is 0.722. The number of aromatic nitrogens is 2. The van der Waals surface area contributed by atoms with Gasteiger partial charge in [-0.2, -0.15) is 5.10 Å². The maximum Gasteiger partial charge on any atom is 0.333 e. The van der Waals surface area contributed by atoms with Crippen LogP contribution in [-0.2, 0) is 6.42 Å². The van der Waals surface area contributed by atoms with Crippen molar-refractivity contribution < 1.29 is 14.0 Å². The van der Waals surface area contributed by atoms with Crippen molar-refractivity contribution in [3.05, 3.63) is 71.4 Å². The molecule has 0 aliphatic rings. The van der Waals surface area contributed by atoms with E-state index < -0.39 is 11.9 Å². The summed E-state index contributed by atoms with van der Waals surface area (Å²) in [6, 6.07) is 10.9. The van der Waals surface area contributed by atoms with Crippen LogP contribution < -0.4 is 16.2 Å². The van der Waals surface area contributed by atoms with E-state index in [9.17, 15) is 9.59 Å². The number of rotatable bonds is 5. The molecule has 8 heteroatoms. The second-order valence-electron chi connectivity index (χ2n) is 6.03. The lowest BCUT2D eigenvalue weighted by molar-refractivity contribution is 0.0934. The number of carbonyl (C=O) groups is 2. The predicted molar refractivity (Wildman–Crippen MR) is 99.5 cm³/mol. The van der Waals surface area contributed by atoms with Crippen LogP contribution in [0.25, 0.3) is 5.69 Å². The quantitative estimate of drug-likeness (QED) is 0.602. The fourth-order valence-electron chi connectivity index (χ4n) is 2.64. The van der Waals surface area contributed by atoms with Gasteiger partial charge in [-0.3, -0.25) is 10.2 Å². The number of nitrogens with one attached hydrogen (secondary N) is 3. The Labute approximate surface area is 156 Å². The third kappa shape index (κ3) is 4.75. The summed E-state index contributed by atoms with van der Waals surface area (Å²) in [7, 11) is 0. The molecule has 0 saturated carbocycles. The Bertz CT molecular complexity index is 913. The minimum atomic E-state index is -0.477. The van der Waals surface area contributed by atoms with Crippen LogP contribution in [0.1, 0.15) is 27.4 Å². The smallest absolute Gasteiger partial charge is 0.333 e. The van der Waals surface area contributed by atoms with Crippen LogP contribution in [0, 0.1) is 13.8 Å². The molecule has 0 fully saturated rings. The SMILES string of the molecule is Cc1cc(C(=O)NNC(=O)NCCc2ccc(-n3cccn3)cc2)c(C)o1. The molecule has 0 unspecified atom stereocenters. The molecule has 2 aromatic heterocycles. The van der Waals surface area contributed by atoms with Gasteiger partial charge in [-0.1, -0.05) is 12.1 Å². The molecule has 0 atom stereocenters. The van der Waals surface area contributed by atoms with Crippen molar-refractivity contribution in [3.8, 4) is 5.69 Å². The summed E-state index contributed by atoms with van der Waals surface area (Å²) < 4.78 is 7.07. The van der Waals surface area contributed by atoms with Crippen LogP contribution in [0.3, 0.4) is 0 Å². The zero-order valence-corrected chi connectivity index (χ0v) is 15.2. The molecule has 0 bridgehead atoms. The summed E-state index contributed by atoms with van der Waals surface area (Å²) >= 11 is 0. The van der Waals surface area contributed by atoms with Crippen molar-refractivity contribution in [3.63, 3.8) is 0 Å². The Balaban J connectivity index is 1.40. The van der Waals surface area contributed by atoms with Gasteiger partial charge >= 0.3 is 6.03 Å². The maximum atomic E-state index is 12.0. The van der Waals surface area contributed by atoms with Gasteiger partial charge in [0.15, 0.2) is 0 Å². The third-order valence-electron chi connectivity index (χ3n) is 3.98. The van der Waals surface area contributed by atoms with Gasteiger partial charge in [-0.05, 0) is 50.1 Å². The van der Waals surface area contributed by atoms with Crippen LogP contribution in [-0.4, -0.2) is 28.3 Å². The number of aryl methyl sites for hydroxylation is 2. The molecule has 3 amide bonds. The van der Waals surface area contributed by atoms with E-state index in [1.165, 1.54) is 0 Å². The lowest BCUT2D eigenvalue weighted by Gasteiger charge is -2.09. The number of benzene rings is 1. The fourth-order valence-corrected chi connectivity index (χ4v) is 2.64. The van der Waals surface area contributed by atoms with E-state index in [0.717, 1.165) is 11.3 Å². The normalized spacial score (nSPS) is 10.4. The van der Waals surface area contributed by atoms with E-state index in [4.69, 9.17) is 4.42 Å². The molecular formula is C19H21N5O3. The van der Waals surface area contributed by atoms with Gasteiger partial charge in [-0.25, -0.2) is 14.9 Å². The molecule has 3 N–H and O–H groups in total. The molecule has 8 nitrogen and oxygen atoms in total. The lowest BCUT2D eigenvalue weighted by atomic mass is 10.1. The monoisotopic (exact) mass is 367 g/mol. The number of hydrogen-bond acceptors (Lipinski definition) is 4. The highest BCUT2D eigenvalue weighted by Gasteiger charge is 2.13. The molecular weight excluding hydrogens is 346 g/mol. The second-order valence-corrected chi connectivity index (χ2v) is 6.03. The Morgan fingerprint density at radius 2 is 1.93 bits per heavy atom. The van der Waals surface area contributed by atoms with Crippen LogP contribution >= 0.6 is 0 Å². The first-order chi connectivity index (χ1) is 13.0. The molecule has 0 aliphatic heterocycles. The Morgan fingerprint density at radius 3 is 2.56 bits per heavy atom. The van der Waals surface area contributed by atoms with Crippen molar-refractivity contribution in [2.45, 2.75) is 20.3 Å². The molecule has 2 heterocycles. The summed E-state index contributed by atoms with van der Waals surface area (Å²) in [5, 5.41) is 6.87. The molecule has 0 spiro atoms. The first-order valence-corrected chi connectivity index (χ1v) is 8.53. The van der Waals surface area contributed by atoms with Gasteiger partial charge in [0.2, 0.25) is 0 Å². The van der Waals surface area contributed by atoms with Crippen molar-refractivity contribution in [1.29, 1.82) is 0 Å². The van der Waals surface area contributed by atoms with Crippen LogP contribution in [0.15, 0.2) is 53.2 Å². The second kappa shape index (κ2) is 8.22. The van der Waals surface area contributed by atoms with Gasteiger partial charge in [0.25, 0.3) is 5.91 Å². The first-order valence-electron chi connectivity index (χ1n) is 8.53. The van der Waals surface area contributed by atoms with Gasteiger partial charge in [-0.15, -0.1) is 0 Å². The van der Waals surface area contributed by atoms with Gasteiger partial charge in [0.05, 0.1) is 11.3 Å². The van der Waals surface area contributed by atoms with Crippen molar-refractivity contribution in [1.82, 2.24) is 25.9 Å². The van der Waals surface area contributed by atoms with Gasteiger partial charge in [0.1, 0.15) is 11.5 Å². The minimum absolute atomic E-state index is 0.394. The van der Waals surface area contributed by atoms with E-state index in [1.54, 1.807) is 30.8 Å². The highest BCUT2D eigenvalue weighted by atomic mass is 16.3. The fraction of sp³-hybridized carbons (Fsp3) is 0.211.